The van der Waals surface area contributed by atoms with Crippen LogP contribution in [0.1, 0.15) is 31.7 Å². The summed E-state index contributed by atoms with van der Waals surface area (Å²) < 4.78 is 27.1. The Balaban J connectivity index is 2.13. The van der Waals surface area contributed by atoms with Gasteiger partial charge in [-0.2, -0.15) is 4.31 Å². The molecule has 1 heterocycles. The van der Waals surface area contributed by atoms with Gasteiger partial charge in [-0.15, -0.1) is 6.42 Å². The van der Waals surface area contributed by atoms with Crippen LogP contribution in [-0.4, -0.2) is 44.9 Å². The zero-order valence-electron chi connectivity index (χ0n) is 14.7. The lowest BCUT2D eigenvalue weighted by atomic mass is 10.2. The van der Waals surface area contributed by atoms with Gasteiger partial charge in [0.2, 0.25) is 10.0 Å². The quantitative estimate of drug-likeness (QED) is 0.457. The maximum absolute atomic E-state index is 12.8. The fourth-order valence-electron chi connectivity index (χ4n) is 2.71. The van der Waals surface area contributed by atoms with Crippen LogP contribution in [0.4, 0.5) is 0 Å². The predicted octanol–water partition coefficient (Wildman–Crippen LogP) is 1.55. The molecule has 0 saturated carbocycles. The van der Waals surface area contributed by atoms with E-state index in [0.717, 1.165) is 31.4 Å². The molecule has 1 aliphatic rings. The van der Waals surface area contributed by atoms with Crippen molar-refractivity contribution in [1.82, 2.24) is 14.9 Å². The van der Waals surface area contributed by atoms with Crippen LogP contribution in [0.25, 0.3) is 0 Å². The van der Waals surface area contributed by atoms with Crippen molar-refractivity contribution in [2.45, 2.75) is 37.6 Å². The first-order chi connectivity index (χ1) is 12.1. The average Bonchev–Trinajstić information content (AvgIpc) is 2.65. The number of hydrogen-bond acceptors (Lipinski definition) is 3. The van der Waals surface area contributed by atoms with Crippen molar-refractivity contribution in [3.8, 4) is 12.3 Å². The van der Waals surface area contributed by atoms with Gasteiger partial charge in [-0.05, 0) is 37.5 Å². The Hall–Kier alpha value is -2.04. The summed E-state index contributed by atoms with van der Waals surface area (Å²) in [6.07, 6.45) is 8.20. The van der Waals surface area contributed by atoms with Gasteiger partial charge in [0, 0.05) is 19.6 Å². The monoisotopic (exact) mass is 362 g/mol. The lowest BCUT2D eigenvalue weighted by Gasteiger charge is -2.26. The van der Waals surface area contributed by atoms with Crippen molar-refractivity contribution in [1.29, 1.82) is 0 Å². The number of piperidine rings is 1. The highest BCUT2D eigenvalue weighted by atomic mass is 32.2. The van der Waals surface area contributed by atoms with E-state index >= 15 is 0 Å². The van der Waals surface area contributed by atoms with Gasteiger partial charge >= 0.3 is 0 Å². The third kappa shape index (κ3) is 5.48. The van der Waals surface area contributed by atoms with E-state index < -0.39 is 10.0 Å². The van der Waals surface area contributed by atoms with Crippen LogP contribution >= 0.6 is 0 Å². The largest absolute Gasteiger partial charge is 0.357 e. The molecule has 0 spiro atoms. The van der Waals surface area contributed by atoms with Crippen LogP contribution in [0.15, 0.2) is 34.2 Å². The Bertz CT molecular complexity index is 732. The number of rotatable bonds is 6. The first kappa shape index (κ1) is 19.3. The molecule has 1 fully saturated rings. The van der Waals surface area contributed by atoms with Gasteiger partial charge in [-0.3, -0.25) is 0 Å². The van der Waals surface area contributed by atoms with Crippen molar-refractivity contribution in [3.63, 3.8) is 0 Å². The Kier molecular flexibility index (Phi) is 7.29. The van der Waals surface area contributed by atoms with Gasteiger partial charge in [-0.25, -0.2) is 13.4 Å². The summed E-state index contributed by atoms with van der Waals surface area (Å²) >= 11 is 0. The number of nitrogens with one attached hydrogen (secondary N) is 2. The summed E-state index contributed by atoms with van der Waals surface area (Å²) in [4.78, 5) is 4.78. The van der Waals surface area contributed by atoms with Crippen LogP contribution in [0, 0.1) is 12.3 Å². The molecule has 0 atom stereocenters. The summed E-state index contributed by atoms with van der Waals surface area (Å²) in [5.41, 5.74) is 0.844. The zero-order valence-corrected chi connectivity index (χ0v) is 15.5. The minimum Gasteiger partial charge on any atom is -0.357 e. The zero-order chi connectivity index (χ0) is 18.1. The minimum absolute atomic E-state index is 0.337. The van der Waals surface area contributed by atoms with E-state index in [4.69, 9.17) is 6.42 Å². The molecule has 0 bridgehead atoms. The summed E-state index contributed by atoms with van der Waals surface area (Å²) in [7, 11) is -3.42. The smallest absolute Gasteiger partial charge is 0.243 e. The third-order valence-electron chi connectivity index (χ3n) is 3.97. The highest BCUT2D eigenvalue weighted by Crippen LogP contribution is 2.21. The number of nitrogens with zero attached hydrogens (tertiary/aromatic N) is 2. The lowest BCUT2D eigenvalue weighted by Crippen LogP contribution is -2.37. The summed E-state index contributed by atoms with van der Waals surface area (Å²) in [6.45, 7) is 4.66. The SMILES string of the molecule is C#CCNC(=NCc1cccc(S(=O)(=O)N2CCCCC2)c1)NCC. The van der Waals surface area contributed by atoms with E-state index in [1.165, 1.54) is 0 Å². The maximum atomic E-state index is 12.8. The van der Waals surface area contributed by atoms with Crippen molar-refractivity contribution < 1.29 is 8.42 Å². The minimum atomic E-state index is -3.42. The molecule has 25 heavy (non-hydrogen) atoms. The van der Waals surface area contributed by atoms with Gasteiger partial charge in [0.25, 0.3) is 0 Å². The molecule has 1 saturated heterocycles. The molecule has 7 heteroatoms. The molecule has 1 aromatic rings. The number of benzene rings is 1. The predicted molar refractivity (Wildman–Crippen MR) is 101 cm³/mol. The Morgan fingerprint density at radius 2 is 2.04 bits per heavy atom. The normalized spacial score (nSPS) is 16.2. The molecule has 0 amide bonds. The van der Waals surface area contributed by atoms with Crippen molar-refractivity contribution in [3.05, 3.63) is 29.8 Å². The second-order valence-electron chi connectivity index (χ2n) is 5.86. The average molecular weight is 362 g/mol. The van der Waals surface area contributed by atoms with E-state index in [1.54, 1.807) is 22.5 Å². The molecule has 1 aromatic carbocycles. The van der Waals surface area contributed by atoms with E-state index in [9.17, 15) is 8.42 Å². The molecular weight excluding hydrogens is 336 g/mol. The second-order valence-corrected chi connectivity index (χ2v) is 7.80. The van der Waals surface area contributed by atoms with Crippen LogP contribution in [0.2, 0.25) is 0 Å². The number of terminal acetylenes is 1. The number of sulfonamides is 1. The highest BCUT2D eigenvalue weighted by Gasteiger charge is 2.25. The van der Waals surface area contributed by atoms with Gasteiger partial charge in [0.1, 0.15) is 0 Å². The molecule has 1 aliphatic heterocycles. The van der Waals surface area contributed by atoms with E-state index in [-0.39, 0.29) is 0 Å². The Morgan fingerprint density at radius 1 is 1.28 bits per heavy atom. The van der Waals surface area contributed by atoms with E-state index in [2.05, 4.69) is 21.5 Å². The van der Waals surface area contributed by atoms with E-state index in [0.29, 0.717) is 37.0 Å². The van der Waals surface area contributed by atoms with Gasteiger partial charge in [0.05, 0.1) is 18.0 Å². The number of guanidine groups is 1. The number of aliphatic imine (C=N–C) groups is 1. The van der Waals surface area contributed by atoms with Crippen molar-refractivity contribution in [2.75, 3.05) is 26.2 Å². The molecule has 136 valence electrons. The standard InChI is InChI=1S/C18H26N4O2S/c1-3-11-20-18(19-4-2)21-15-16-9-8-10-17(14-16)25(23,24)22-12-6-5-7-13-22/h1,8-10,14H,4-7,11-13,15H2,2H3,(H2,19,20,21). The third-order valence-corrected chi connectivity index (χ3v) is 5.87. The molecule has 0 aromatic heterocycles. The molecule has 0 radical (unpaired) electrons. The molecule has 0 unspecified atom stereocenters. The molecule has 2 N–H and O–H groups in total. The highest BCUT2D eigenvalue weighted by molar-refractivity contribution is 7.89. The van der Waals surface area contributed by atoms with Gasteiger partial charge < -0.3 is 10.6 Å². The second kappa shape index (κ2) is 9.44. The first-order valence-corrected chi connectivity index (χ1v) is 10.1. The summed E-state index contributed by atoms with van der Waals surface area (Å²) in [5.74, 6) is 3.12. The fraction of sp³-hybridized carbons (Fsp3) is 0.500. The first-order valence-electron chi connectivity index (χ1n) is 8.62. The van der Waals surface area contributed by atoms with Crippen molar-refractivity contribution in [2.24, 2.45) is 4.99 Å². The van der Waals surface area contributed by atoms with Gasteiger partial charge in [-0.1, -0.05) is 24.5 Å². The molecule has 2 rings (SSSR count). The molecular formula is C18H26N4O2S. The van der Waals surface area contributed by atoms with Crippen LogP contribution in [0.5, 0.6) is 0 Å². The fourth-order valence-corrected chi connectivity index (χ4v) is 4.29. The maximum Gasteiger partial charge on any atom is 0.243 e. The van der Waals surface area contributed by atoms with Crippen LogP contribution in [0.3, 0.4) is 0 Å². The topological polar surface area (TPSA) is 73.8 Å². The van der Waals surface area contributed by atoms with Crippen LogP contribution < -0.4 is 10.6 Å². The molecule has 0 aliphatic carbocycles. The lowest BCUT2D eigenvalue weighted by molar-refractivity contribution is 0.346. The number of hydrogen-bond donors (Lipinski definition) is 2. The van der Waals surface area contributed by atoms with Crippen molar-refractivity contribution >= 4 is 16.0 Å². The Morgan fingerprint density at radius 3 is 2.72 bits per heavy atom. The van der Waals surface area contributed by atoms with E-state index in [1.807, 2.05) is 13.0 Å². The summed E-state index contributed by atoms with van der Waals surface area (Å²) in [5, 5.41) is 6.11. The summed E-state index contributed by atoms with van der Waals surface area (Å²) in [6, 6.07) is 7.00. The Labute approximate surface area is 150 Å². The van der Waals surface area contributed by atoms with Crippen LogP contribution in [-0.2, 0) is 16.6 Å². The molecule has 6 nitrogen and oxygen atoms in total. The van der Waals surface area contributed by atoms with Gasteiger partial charge in [0.15, 0.2) is 5.96 Å².